The minimum Gasteiger partial charge on any atom is -0.381 e. The Morgan fingerprint density at radius 3 is 2.58 bits per heavy atom. The lowest BCUT2D eigenvalue weighted by Gasteiger charge is -2.36. The average molecular weight is 293 g/mol. The second-order valence-electron chi connectivity index (χ2n) is 5.12. The molecular formula is C14H16ClF3O. The third-order valence-electron chi connectivity index (χ3n) is 3.58. The Morgan fingerprint density at radius 1 is 1.26 bits per heavy atom. The van der Waals surface area contributed by atoms with E-state index in [1.165, 1.54) is 12.1 Å². The summed E-state index contributed by atoms with van der Waals surface area (Å²) in [4.78, 5) is 0. The van der Waals surface area contributed by atoms with Gasteiger partial charge in [-0.3, -0.25) is 0 Å². The van der Waals surface area contributed by atoms with Crippen LogP contribution < -0.4 is 0 Å². The van der Waals surface area contributed by atoms with Crippen LogP contribution in [-0.2, 0) is 17.3 Å². The number of halogens is 4. The lowest BCUT2D eigenvalue weighted by molar-refractivity contribution is -0.138. The van der Waals surface area contributed by atoms with Crippen molar-refractivity contribution in [1.82, 2.24) is 0 Å². The molecule has 0 amide bonds. The maximum Gasteiger partial charge on any atom is 0.416 e. The van der Waals surface area contributed by atoms with Gasteiger partial charge in [0.2, 0.25) is 0 Å². The van der Waals surface area contributed by atoms with Gasteiger partial charge in [0, 0.05) is 17.9 Å². The van der Waals surface area contributed by atoms with Crippen LogP contribution in [-0.4, -0.2) is 19.1 Å². The van der Waals surface area contributed by atoms with Gasteiger partial charge in [0.1, 0.15) is 0 Å². The second-order valence-corrected chi connectivity index (χ2v) is 5.39. The molecule has 1 aromatic rings. The molecule has 0 aromatic heterocycles. The van der Waals surface area contributed by atoms with Crippen molar-refractivity contribution in [1.29, 1.82) is 0 Å². The van der Waals surface area contributed by atoms with E-state index in [1.54, 1.807) is 6.07 Å². The first kappa shape index (κ1) is 14.7. The van der Waals surface area contributed by atoms with E-state index in [2.05, 4.69) is 0 Å². The van der Waals surface area contributed by atoms with E-state index in [4.69, 9.17) is 16.3 Å². The molecule has 1 atom stereocenters. The molecule has 106 valence electrons. The van der Waals surface area contributed by atoms with Gasteiger partial charge >= 0.3 is 6.18 Å². The van der Waals surface area contributed by atoms with E-state index in [0.717, 1.165) is 18.9 Å². The fourth-order valence-electron chi connectivity index (χ4n) is 2.56. The van der Waals surface area contributed by atoms with Gasteiger partial charge in [-0.2, -0.15) is 13.2 Å². The first-order valence-electron chi connectivity index (χ1n) is 6.26. The number of rotatable bonds is 3. The van der Waals surface area contributed by atoms with Crippen molar-refractivity contribution in [3.63, 3.8) is 0 Å². The summed E-state index contributed by atoms with van der Waals surface area (Å²) >= 11 is 5.99. The third-order valence-corrected chi connectivity index (χ3v) is 4.14. The van der Waals surface area contributed by atoms with Crippen LogP contribution >= 0.6 is 11.6 Å². The highest BCUT2D eigenvalue weighted by atomic mass is 35.5. The Balaban J connectivity index is 2.27. The molecular weight excluding hydrogens is 277 g/mol. The van der Waals surface area contributed by atoms with Gasteiger partial charge in [0.05, 0.1) is 12.2 Å². The summed E-state index contributed by atoms with van der Waals surface area (Å²) in [5.41, 5.74) is -0.632. The molecule has 1 heterocycles. The van der Waals surface area contributed by atoms with Gasteiger partial charge < -0.3 is 4.74 Å². The summed E-state index contributed by atoms with van der Waals surface area (Å²) in [5.74, 6) is 0.319. The Hall–Kier alpha value is -0.740. The first-order valence-corrected chi connectivity index (χ1v) is 6.79. The van der Waals surface area contributed by atoms with Gasteiger partial charge in [-0.05, 0) is 30.9 Å². The summed E-state index contributed by atoms with van der Waals surface area (Å²) in [7, 11) is 0. The average Bonchev–Trinajstić information content (AvgIpc) is 2.39. The molecule has 2 rings (SSSR count). The second kappa shape index (κ2) is 5.71. The predicted molar refractivity (Wildman–Crippen MR) is 68.4 cm³/mol. The van der Waals surface area contributed by atoms with Crippen LogP contribution in [0.1, 0.15) is 24.0 Å². The van der Waals surface area contributed by atoms with Crippen molar-refractivity contribution in [2.45, 2.75) is 25.4 Å². The molecule has 1 aromatic carbocycles. The largest absolute Gasteiger partial charge is 0.416 e. The van der Waals surface area contributed by atoms with E-state index in [-0.39, 0.29) is 5.41 Å². The Bertz CT molecular complexity index is 425. The van der Waals surface area contributed by atoms with Crippen LogP contribution in [0, 0.1) is 5.41 Å². The molecule has 1 aliphatic heterocycles. The van der Waals surface area contributed by atoms with Crippen LogP contribution in [0.3, 0.4) is 0 Å². The summed E-state index contributed by atoms with van der Waals surface area (Å²) in [6, 6.07) is 5.71. The standard InChI is InChI=1S/C14H16ClF3O/c15-9-13(6-3-7-19-10-13)8-11-4-1-2-5-12(11)14(16,17)18/h1-2,4-5H,3,6-10H2. The summed E-state index contributed by atoms with van der Waals surface area (Å²) < 4.78 is 44.3. The minimum atomic E-state index is -4.32. The van der Waals surface area contributed by atoms with Crippen molar-refractivity contribution < 1.29 is 17.9 Å². The molecule has 19 heavy (non-hydrogen) atoms. The molecule has 1 unspecified atom stereocenters. The fourth-order valence-corrected chi connectivity index (χ4v) is 2.86. The highest BCUT2D eigenvalue weighted by molar-refractivity contribution is 6.18. The van der Waals surface area contributed by atoms with E-state index < -0.39 is 11.7 Å². The normalized spacial score (nSPS) is 24.4. The van der Waals surface area contributed by atoms with Gasteiger partial charge in [-0.25, -0.2) is 0 Å². The molecule has 0 spiro atoms. The fraction of sp³-hybridized carbons (Fsp3) is 0.571. The minimum absolute atomic E-state index is 0.307. The molecule has 1 nitrogen and oxygen atoms in total. The predicted octanol–water partition coefficient (Wildman–Crippen LogP) is 4.28. The molecule has 1 aliphatic rings. The monoisotopic (exact) mass is 292 g/mol. The van der Waals surface area contributed by atoms with E-state index >= 15 is 0 Å². The highest BCUT2D eigenvalue weighted by Crippen LogP contribution is 2.38. The number of ether oxygens (including phenoxy) is 1. The van der Waals surface area contributed by atoms with Crippen LogP contribution in [0.2, 0.25) is 0 Å². The quantitative estimate of drug-likeness (QED) is 0.756. The molecule has 1 fully saturated rings. The number of alkyl halides is 4. The first-order chi connectivity index (χ1) is 8.97. The summed E-state index contributed by atoms with van der Waals surface area (Å²) in [6.07, 6.45) is -2.35. The van der Waals surface area contributed by atoms with Crippen LogP contribution in [0.15, 0.2) is 24.3 Å². The van der Waals surface area contributed by atoms with Crippen molar-refractivity contribution in [2.75, 3.05) is 19.1 Å². The van der Waals surface area contributed by atoms with Crippen molar-refractivity contribution >= 4 is 11.6 Å². The van der Waals surface area contributed by atoms with Crippen molar-refractivity contribution in [3.8, 4) is 0 Å². The maximum absolute atomic E-state index is 13.0. The lowest BCUT2D eigenvalue weighted by Crippen LogP contribution is -2.36. The molecule has 0 radical (unpaired) electrons. The van der Waals surface area contributed by atoms with E-state index in [9.17, 15) is 13.2 Å². The third kappa shape index (κ3) is 3.42. The highest BCUT2D eigenvalue weighted by Gasteiger charge is 2.37. The Labute approximate surface area is 115 Å². The molecule has 0 saturated carbocycles. The van der Waals surface area contributed by atoms with E-state index in [1.807, 2.05) is 0 Å². The van der Waals surface area contributed by atoms with Crippen LogP contribution in [0.4, 0.5) is 13.2 Å². The van der Waals surface area contributed by atoms with Gasteiger partial charge in [0.25, 0.3) is 0 Å². The maximum atomic E-state index is 13.0. The Morgan fingerprint density at radius 2 is 2.00 bits per heavy atom. The van der Waals surface area contributed by atoms with Crippen molar-refractivity contribution in [2.24, 2.45) is 5.41 Å². The van der Waals surface area contributed by atoms with Gasteiger partial charge in [0.15, 0.2) is 0 Å². The number of hydrogen-bond donors (Lipinski definition) is 0. The molecule has 0 aliphatic carbocycles. The number of benzene rings is 1. The zero-order chi connectivity index (χ0) is 13.9. The van der Waals surface area contributed by atoms with Crippen molar-refractivity contribution in [3.05, 3.63) is 35.4 Å². The zero-order valence-corrected chi connectivity index (χ0v) is 11.2. The zero-order valence-electron chi connectivity index (χ0n) is 10.5. The lowest BCUT2D eigenvalue weighted by atomic mass is 9.78. The van der Waals surface area contributed by atoms with Crippen LogP contribution in [0.25, 0.3) is 0 Å². The van der Waals surface area contributed by atoms with Gasteiger partial charge in [-0.1, -0.05) is 18.2 Å². The molecule has 5 heteroatoms. The summed E-state index contributed by atoms with van der Waals surface area (Å²) in [6.45, 7) is 1.10. The molecule has 0 bridgehead atoms. The smallest absolute Gasteiger partial charge is 0.381 e. The number of hydrogen-bond acceptors (Lipinski definition) is 1. The van der Waals surface area contributed by atoms with Crippen LogP contribution in [0.5, 0.6) is 0 Å². The Kier molecular flexibility index (Phi) is 4.41. The van der Waals surface area contributed by atoms with Gasteiger partial charge in [-0.15, -0.1) is 11.6 Å². The topological polar surface area (TPSA) is 9.23 Å². The molecule has 0 N–H and O–H groups in total. The molecule has 1 saturated heterocycles. The van der Waals surface area contributed by atoms with E-state index in [0.29, 0.717) is 31.1 Å². The summed E-state index contributed by atoms with van der Waals surface area (Å²) in [5, 5.41) is 0. The SMILES string of the molecule is FC(F)(F)c1ccccc1CC1(CCl)CCCOC1.